The molecule has 0 spiro atoms. The largest absolute Gasteiger partial charge is 0.348 e. The molecule has 0 saturated heterocycles. The van der Waals surface area contributed by atoms with Gasteiger partial charge in [0.1, 0.15) is 6.54 Å². The van der Waals surface area contributed by atoms with Gasteiger partial charge >= 0.3 is 0 Å². The normalized spacial score (nSPS) is 14.5. The predicted molar refractivity (Wildman–Crippen MR) is 89.8 cm³/mol. The fourth-order valence-corrected chi connectivity index (χ4v) is 2.77. The first kappa shape index (κ1) is 16.2. The molecule has 0 aliphatic carbocycles. The number of halogens is 1. The minimum Gasteiger partial charge on any atom is -0.348 e. The topological polar surface area (TPSA) is 66.5 Å². The third-order valence-electron chi connectivity index (χ3n) is 3.93. The monoisotopic (exact) mass is 342 g/mol. The van der Waals surface area contributed by atoms with E-state index in [1.165, 1.54) is 0 Å². The number of imide groups is 1. The molecule has 1 aliphatic rings. The third-order valence-corrected chi connectivity index (χ3v) is 4.18. The zero-order chi connectivity index (χ0) is 17.3. The van der Waals surface area contributed by atoms with Gasteiger partial charge in [0.15, 0.2) is 0 Å². The van der Waals surface area contributed by atoms with E-state index >= 15 is 0 Å². The molecule has 1 aliphatic heterocycles. The van der Waals surface area contributed by atoms with Crippen molar-refractivity contribution in [3.8, 4) is 0 Å². The molecule has 1 atom stereocenters. The van der Waals surface area contributed by atoms with Crippen molar-refractivity contribution >= 4 is 29.3 Å². The van der Waals surface area contributed by atoms with Crippen LogP contribution in [0.25, 0.3) is 0 Å². The molecule has 1 N–H and O–H groups in total. The summed E-state index contributed by atoms with van der Waals surface area (Å²) in [6.45, 7) is 1.52. The SMILES string of the molecule is C[C@H](NC(=O)CN1C(=O)c2ccccc2C1=O)c1ccc(Cl)cc1. The molecule has 122 valence electrons. The molecular weight excluding hydrogens is 328 g/mol. The zero-order valence-electron chi connectivity index (χ0n) is 13.0. The van der Waals surface area contributed by atoms with Gasteiger partial charge in [0.25, 0.3) is 11.8 Å². The minimum absolute atomic E-state index is 0.259. The van der Waals surface area contributed by atoms with Crippen molar-refractivity contribution in [2.24, 2.45) is 0 Å². The van der Waals surface area contributed by atoms with Crippen molar-refractivity contribution in [2.45, 2.75) is 13.0 Å². The van der Waals surface area contributed by atoms with Crippen LogP contribution < -0.4 is 5.32 Å². The maximum atomic E-state index is 12.2. The highest BCUT2D eigenvalue weighted by atomic mass is 35.5. The van der Waals surface area contributed by atoms with Crippen LogP contribution in [0.2, 0.25) is 5.02 Å². The molecule has 0 radical (unpaired) electrons. The van der Waals surface area contributed by atoms with Crippen molar-refractivity contribution in [2.75, 3.05) is 6.54 Å². The second-order valence-electron chi connectivity index (χ2n) is 5.58. The van der Waals surface area contributed by atoms with Crippen LogP contribution in [0.15, 0.2) is 48.5 Å². The van der Waals surface area contributed by atoms with Gasteiger partial charge in [-0.1, -0.05) is 35.9 Å². The van der Waals surface area contributed by atoms with Gasteiger partial charge in [-0.05, 0) is 36.8 Å². The van der Waals surface area contributed by atoms with E-state index in [-0.39, 0.29) is 12.6 Å². The van der Waals surface area contributed by atoms with Crippen LogP contribution >= 0.6 is 11.6 Å². The first-order valence-electron chi connectivity index (χ1n) is 7.47. The number of fused-ring (bicyclic) bond motifs is 1. The van der Waals surface area contributed by atoms with Crippen LogP contribution in [-0.2, 0) is 4.79 Å². The smallest absolute Gasteiger partial charge is 0.262 e. The van der Waals surface area contributed by atoms with Gasteiger partial charge in [-0.15, -0.1) is 0 Å². The Labute approximate surface area is 144 Å². The first-order valence-corrected chi connectivity index (χ1v) is 7.85. The molecule has 0 bridgehead atoms. The summed E-state index contributed by atoms with van der Waals surface area (Å²) in [5, 5.41) is 3.40. The molecule has 0 aromatic heterocycles. The molecule has 3 amide bonds. The maximum absolute atomic E-state index is 12.2. The molecule has 24 heavy (non-hydrogen) atoms. The van der Waals surface area contributed by atoms with Crippen LogP contribution in [0, 0.1) is 0 Å². The molecule has 1 heterocycles. The van der Waals surface area contributed by atoms with Gasteiger partial charge in [-0.3, -0.25) is 19.3 Å². The summed E-state index contributed by atoms with van der Waals surface area (Å²) in [5.41, 5.74) is 1.55. The Morgan fingerprint density at radius 3 is 2.12 bits per heavy atom. The summed E-state index contributed by atoms with van der Waals surface area (Å²) in [6.07, 6.45) is 0. The van der Waals surface area contributed by atoms with Gasteiger partial charge in [-0.25, -0.2) is 0 Å². The zero-order valence-corrected chi connectivity index (χ0v) is 13.7. The molecule has 0 unspecified atom stereocenters. The highest BCUT2D eigenvalue weighted by molar-refractivity contribution is 6.30. The molecule has 6 heteroatoms. The molecule has 0 fully saturated rings. The Morgan fingerprint density at radius 2 is 1.58 bits per heavy atom. The molecule has 2 aromatic rings. The van der Waals surface area contributed by atoms with Gasteiger partial charge in [0, 0.05) is 5.02 Å². The Morgan fingerprint density at radius 1 is 1.04 bits per heavy atom. The minimum atomic E-state index is -0.440. The lowest BCUT2D eigenvalue weighted by molar-refractivity contribution is -0.122. The fraction of sp³-hybridized carbons (Fsp3) is 0.167. The molecule has 3 rings (SSSR count). The van der Waals surface area contributed by atoms with Gasteiger partial charge in [0.2, 0.25) is 5.91 Å². The number of rotatable bonds is 4. The number of amides is 3. The maximum Gasteiger partial charge on any atom is 0.262 e. The van der Waals surface area contributed by atoms with Crippen molar-refractivity contribution in [3.63, 3.8) is 0 Å². The van der Waals surface area contributed by atoms with Crippen LogP contribution in [0.1, 0.15) is 39.2 Å². The van der Waals surface area contributed by atoms with Crippen molar-refractivity contribution < 1.29 is 14.4 Å². The second kappa shape index (κ2) is 6.45. The molecule has 0 saturated carbocycles. The Bertz CT molecular complexity index is 782. The van der Waals surface area contributed by atoms with E-state index in [2.05, 4.69) is 5.32 Å². The van der Waals surface area contributed by atoms with E-state index in [4.69, 9.17) is 11.6 Å². The summed E-state index contributed by atoms with van der Waals surface area (Å²) < 4.78 is 0. The van der Waals surface area contributed by atoms with Crippen LogP contribution in [-0.4, -0.2) is 29.2 Å². The molecule has 5 nitrogen and oxygen atoms in total. The van der Waals surface area contributed by atoms with E-state index in [0.29, 0.717) is 16.1 Å². The number of nitrogens with zero attached hydrogens (tertiary/aromatic N) is 1. The summed E-state index contributed by atoms with van der Waals surface area (Å²) in [6, 6.07) is 13.4. The average molecular weight is 343 g/mol. The predicted octanol–water partition coefficient (Wildman–Crippen LogP) is 2.81. The number of benzene rings is 2. The molecule has 2 aromatic carbocycles. The van der Waals surface area contributed by atoms with Gasteiger partial charge in [0.05, 0.1) is 17.2 Å². The van der Waals surface area contributed by atoms with E-state index in [0.717, 1.165) is 10.5 Å². The molecular formula is C18H15ClN2O3. The quantitative estimate of drug-likeness (QED) is 0.869. The van der Waals surface area contributed by atoms with Gasteiger partial charge in [-0.2, -0.15) is 0 Å². The van der Waals surface area contributed by atoms with E-state index in [1.807, 2.05) is 19.1 Å². The lowest BCUT2D eigenvalue weighted by Gasteiger charge is -2.18. The van der Waals surface area contributed by atoms with E-state index in [1.54, 1.807) is 36.4 Å². The lowest BCUT2D eigenvalue weighted by atomic mass is 10.1. The summed E-state index contributed by atoms with van der Waals surface area (Å²) in [4.78, 5) is 37.7. The van der Waals surface area contributed by atoms with Crippen LogP contribution in [0.4, 0.5) is 0 Å². The number of nitrogens with one attached hydrogen (secondary N) is 1. The summed E-state index contributed by atoms with van der Waals surface area (Å²) in [7, 11) is 0. The van der Waals surface area contributed by atoms with Crippen LogP contribution in [0.3, 0.4) is 0 Å². The van der Waals surface area contributed by atoms with Crippen molar-refractivity contribution in [1.82, 2.24) is 10.2 Å². The average Bonchev–Trinajstić information content (AvgIpc) is 2.81. The highest BCUT2D eigenvalue weighted by Crippen LogP contribution is 2.22. The highest BCUT2D eigenvalue weighted by Gasteiger charge is 2.36. The fourth-order valence-electron chi connectivity index (χ4n) is 2.65. The number of carbonyl (C=O) groups is 3. The number of carbonyl (C=O) groups excluding carboxylic acids is 3. The summed E-state index contributed by atoms with van der Waals surface area (Å²) >= 11 is 5.84. The van der Waals surface area contributed by atoms with E-state index in [9.17, 15) is 14.4 Å². The first-order chi connectivity index (χ1) is 11.5. The number of hydrogen-bond acceptors (Lipinski definition) is 3. The summed E-state index contributed by atoms with van der Waals surface area (Å²) in [5.74, 6) is -1.28. The second-order valence-corrected chi connectivity index (χ2v) is 6.02. The van der Waals surface area contributed by atoms with Crippen LogP contribution in [0.5, 0.6) is 0 Å². The third kappa shape index (κ3) is 3.03. The van der Waals surface area contributed by atoms with Crippen molar-refractivity contribution in [3.05, 3.63) is 70.2 Å². The number of hydrogen-bond donors (Lipinski definition) is 1. The standard InChI is InChI=1S/C18H15ClN2O3/c1-11(12-6-8-13(19)9-7-12)20-16(22)10-21-17(23)14-4-2-3-5-15(14)18(21)24/h2-9,11H,10H2,1H3,(H,20,22)/t11-/m0/s1. The van der Waals surface area contributed by atoms with Crippen molar-refractivity contribution in [1.29, 1.82) is 0 Å². The Hall–Kier alpha value is -2.66. The Balaban J connectivity index is 1.66. The Kier molecular flexibility index (Phi) is 4.36. The lowest BCUT2D eigenvalue weighted by Crippen LogP contribution is -2.41. The van der Waals surface area contributed by atoms with E-state index < -0.39 is 17.7 Å². The van der Waals surface area contributed by atoms with Gasteiger partial charge < -0.3 is 5.32 Å².